The maximum atomic E-state index is 11.8. The van der Waals surface area contributed by atoms with Crippen molar-refractivity contribution in [3.8, 4) is 6.07 Å². The van der Waals surface area contributed by atoms with Crippen LogP contribution in [-0.2, 0) is 18.3 Å². The summed E-state index contributed by atoms with van der Waals surface area (Å²) in [4.78, 5) is 11.8. The quantitative estimate of drug-likeness (QED) is 0.669. The van der Waals surface area contributed by atoms with Gasteiger partial charge in [0, 0.05) is 43.5 Å². The number of aromatic nitrogens is 1. The third-order valence-electron chi connectivity index (χ3n) is 4.37. The van der Waals surface area contributed by atoms with Crippen molar-refractivity contribution in [3.05, 3.63) is 36.0 Å². The summed E-state index contributed by atoms with van der Waals surface area (Å²) >= 11 is 0. The Hall–Kier alpha value is -2.28. The summed E-state index contributed by atoms with van der Waals surface area (Å²) in [6.45, 7) is 0.730. The molecular weight excluding hydrogens is 298 g/mol. The fourth-order valence-corrected chi connectivity index (χ4v) is 3.05. The second kappa shape index (κ2) is 9.77. The van der Waals surface area contributed by atoms with Gasteiger partial charge in [-0.15, -0.1) is 0 Å². The second-order valence-electron chi connectivity index (χ2n) is 6.31. The first-order valence-electron chi connectivity index (χ1n) is 8.89. The summed E-state index contributed by atoms with van der Waals surface area (Å²) in [5, 5.41) is 12.7. The highest BCUT2D eigenvalue weighted by Gasteiger charge is 2.06. The fraction of sp³-hybridized carbons (Fsp3) is 0.500. The standard InChI is InChI=1S/C20H27N3O/c1-23-16-17(18-11-5-6-12-19(18)23)10-4-7-13-20(24)22-15-9-3-2-8-14-21/h5-6,11-12,16H,2-4,7-10,13,15H2,1H3,(H,22,24). The number of hydrogen-bond acceptors (Lipinski definition) is 2. The number of rotatable bonds is 10. The van der Waals surface area contributed by atoms with E-state index in [4.69, 9.17) is 5.26 Å². The molecule has 1 aromatic heterocycles. The molecule has 0 radical (unpaired) electrons. The molecule has 0 saturated carbocycles. The average Bonchev–Trinajstić information content (AvgIpc) is 2.91. The van der Waals surface area contributed by atoms with Gasteiger partial charge in [-0.25, -0.2) is 0 Å². The van der Waals surface area contributed by atoms with Crippen LogP contribution in [0.2, 0.25) is 0 Å². The maximum Gasteiger partial charge on any atom is 0.219 e. The van der Waals surface area contributed by atoms with Crippen molar-refractivity contribution in [1.82, 2.24) is 9.88 Å². The number of hydrogen-bond donors (Lipinski definition) is 1. The van der Waals surface area contributed by atoms with Gasteiger partial charge < -0.3 is 9.88 Å². The van der Waals surface area contributed by atoms with E-state index in [1.165, 1.54) is 16.5 Å². The van der Waals surface area contributed by atoms with Crippen LogP contribution < -0.4 is 5.32 Å². The third-order valence-corrected chi connectivity index (χ3v) is 4.37. The van der Waals surface area contributed by atoms with Crippen molar-refractivity contribution in [2.75, 3.05) is 6.54 Å². The van der Waals surface area contributed by atoms with Gasteiger partial charge in [-0.3, -0.25) is 4.79 Å². The van der Waals surface area contributed by atoms with Gasteiger partial charge in [-0.2, -0.15) is 5.26 Å². The third kappa shape index (κ3) is 5.42. The van der Waals surface area contributed by atoms with Crippen LogP contribution in [0.4, 0.5) is 0 Å². The van der Waals surface area contributed by atoms with Crippen molar-refractivity contribution in [1.29, 1.82) is 5.26 Å². The SMILES string of the molecule is Cn1cc(CCCCC(=O)NCCCCCC#N)c2ccccc21. The first-order chi connectivity index (χ1) is 11.7. The highest BCUT2D eigenvalue weighted by Crippen LogP contribution is 2.22. The largest absolute Gasteiger partial charge is 0.356 e. The van der Waals surface area contributed by atoms with Crippen molar-refractivity contribution >= 4 is 16.8 Å². The van der Waals surface area contributed by atoms with Crippen LogP contribution in [-0.4, -0.2) is 17.0 Å². The number of para-hydroxylation sites is 1. The molecule has 1 aromatic carbocycles. The van der Waals surface area contributed by atoms with Crippen LogP contribution in [0.1, 0.15) is 50.5 Å². The molecule has 0 spiro atoms. The molecule has 0 unspecified atom stereocenters. The summed E-state index contributed by atoms with van der Waals surface area (Å²) in [5.74, 6) is 0.146. The summed E-state index contributed by atoms with van der Waals surface area (Å²) in [6.07, 6.45) is 9.28. The summed E-state index contributed by atoms with van der Waals surface area (Å²) < 4.78 is 2.17. The van der Waals surface area contributed by atoms with Crippen LogP contribution >= 0.6 is 0 Å². The zero-order chi connectivity index (χ0) is 17.2. The maximum absolute atomic E-state index is 11.8. The Morgan fingerprint density at radius 2 is 2.00 bits per heavy atom. The minimum atomic E-state index is 0.146. The van der Waals surface area contributed by atoms with Crippen LogP contribution in [0.15, 0.2) is 30.5 Å². The number of nitrogens with zero attached hydrogens (tertiary/aromatic N) is 2. The fourth-order valence-electron chi connectivity index (χ4n) is 3.05. The van der Waals surface area contributed by atoms with Crippen LogP contribution in [0.5, 0.6) is 0 Å². The summed E-state index contributed by atoms with van der Waals surface area (Å²) in [7, 11) is 2.08. The van der Waals surface area contributed by atoms with Gasteiger partial charge in [-0.05, 0) is 43.7 Å². The predicted molar refractivity (Wildman–Crippen MR) is 97.6 cm³/mol. The van der Waals surface area contributed by atoms with Gasteiger partial charge in [0.15, 0.2) is 0 Å². The van der Waals surface area contributed by atoms with Gasteiger partial charge in [0.2, 0.25) is 5.91 Å². The minimum absolute atomic E-state index is 0.146. The van der Waals surface area contributed by atoms with E-state index >= 15 is 0 Å². The molecule has 1 heterocycles. The van der Waals surface area contributed by atoms with E-state index in [0.29, 0.717) is 12.8 Å². The van der Waals surface area contributed by atoms with Crippen LogP contribution in [0, 0.1) is 11.3 Å². The smallest absolute Gasteiger partial charge is 0.219 e. The minimum Gasteiger partial charge on any atom is -0.356 e. The number of carbonyl (C=O) groups excluding carboxylic acids is 1. The molecule has 1 N–H and O–H groups in total. The highest BCUT2D eigenvalue weighted by atomic mass is 16.1. The molecule has 0 aliphatic carbocycles. The van der Waals surface area contributed by atoms with E-state index in [2.05, 4.69) is 53.5 Å². The average molecular weight is 325 g/mol. The monoisotopic (exact) mass is 325 g/mol. The van der Waals surface area contributed by atoms with Gasteiger partial charge >= 0.3 is 0 Å². The number of carbonyl (C=O) groups is 1. The first kappa shape index (κ1) is 18.1. The first-order valence-corrected chi connectivity index (χ1v) is 8.89. The van der Waals surface area contributed by atoms with Crippen molar-refractivity contribution < 1.29 is 4.79 Å². The Kier molecular flexibility index (Phi) is 7.35. The molecule has 0 atom stereocenters. The molecule has 0 bridgehead atoms. The number of unbranched alkanes of at least 4 members (excludes halogenated alkanes) is 4. The van der Waals surface area contributed by atoms with Crippen molar-refractivity contribution in [2.45, 2.75) is 51.4 Å². The van der Waals surface area contributed by atoms with Gasteiger partial charge in [0.1, 0.15) is 0 Å². The van der Waals surface area contributed by atoms with E-state index in [0.717, 1.165) is 45.1 Å². The van der Waals surface area contributed by atoms with E-state index < -0.39 is 0 Å². The Balaban J connectivity index is 1.62. The number of amides is 1. The van der Waals surface area contributed by atoms with Crippen LogP contribution in [0.3, 0.4) is 0 Å². The molecule has 4 heteroatoms. The number of nitrogens with one attached hydrogen (secondary N) is 1. The van der Waals surface area contributed by atoms with Crippen molar-refractivity contribution in [3.63, 3.8) is 0 Å². The lowest BCUT2D eigenvalue weighted by Gasteiger charge is -2.05. The molecule has 0 saturated heterocycles. The van der Waals surface area contributed by atoms with Gasteiger partial charge in [0.05, 0.1) is 6.07 Å². The lowest BCUT2D eigenvalue weighted by molar-refractivity contribution is -0.121. The molecule has 2 rings (SSSR count). The highest BCUT2D eigenvalue weighted by molar-refractivity contribution is 5.83. The van der Waals surface area contributed by atoms with E-state index in [1.807, 2.05) is 0 Å². The Labute approximate surface area is 144 Å². The summed E-state index contributed by atoms with van der Waals surface area (Å²) in [6, 6.07) is 10.6. The summed E-state index contributed by atoms with van der Waals surface area (Å²) in [5.41, 5.74) is 2.63. The number of aryl methyl sites for hydroxylation is 2. The Bertz CT molecular complexity index is 696. The predicted octanol–water partition coefficient (Wildman–Crippen LogP) is 4.09. The number of fused-ring (bicyclic) bond motifs is 1. The molecular formula is C20H27N3O. The van der Waals surface area contributed by atoms with Crippen LogP contribution in [0.25, 0.3) is 10.9 Å². The lowest BCUT2D eigenvalue weighted by Crippen LogP contribution is -2.23. The molecule has 24 heavy (non-hydrogen) atoms. The molecule has 1 amide bonds. The molecule has 0 aliphatic heterocycles. The normalized spacial score (nSPS) is 10.7. The number of nitriles is 1. The molecule has 0 aliphatic rings. The van der Waals surface area contributed by atoms with Crippen molar-refractivity contribution in [2.24, 2.45) is 7.05 Å². The number of benzene rings is 1. The van der Waals surface area contributed by atoms with E-state index in [9.17, 15) is 4.79 Å². The zero-order valence-electron chi connectivity index (χ0n) is 14.6. The Morgan fingerprint density at radius 1 is 1.17 bits per heavy atom. The zero-order valence-corrected chi connectivity index (χ0v) is 14.6. The molecule has 4 nitrogen and oxygen atoms in total. The van der Waals surface area contributed by atoms with E-state index in [-0.39, 0.29) is 5.91 Å². The van der Waals surface area contributed by atoms with E-state index in [1.54, 1.807) is 0 Å². The Morgan fingerprint density at radius 3 is 2.83 bits per heavy atom. The van der Waals surface area contributed by atoms with Gasteiger partial charge in [0.25, 0.3) is 0 Å². The molecule has 128 valence electrons. The lowest BCUT2D eigenvalue weighted by atomic mass is 10.1. The topological polar surface area (TPSA) is 57.8 Å². The second-order valence-corrected chi connectivity index (χ2v) is 6.31. The van der Waals surface area contributed by atoms with Gasteiger partial charge in [-0.1, -0.05) is 24.6 Å². The molecule has 0 fully saturated rings. The molecule has 2 aromatic rings.